The first-order valence-corrected chi connectivity index (χ1v) is 7.36. The van der Waals surface area contributed by atoms with Crippen molar-refractivity contribution >= 4 is 21.6 Å². The van der Waals surface area contributed by atoms with Gasteiger partial charge in [-0.2, -0.15) is 0 Å². The van der Waals surface area contributed by atoms with E-state index in [9.17, 15) is 0 Å². The molecule has 1 aromatic rings. The van der Waals surface area contributed by atoms with E-state index >= 15 is 0 Å². The molecule has 2 heteroatoms. The van der Waals surface area contributed by atoms with Gasteiger partial charge in [0.25, 0.3) is 0 Å². The van der Waals surface area contributed by atoms with Gasteiger partial charge in [-0.3, -0.25) is 0 Å². The normalized spacial score (nSPS) is 29.1. The Morgan fingerprint density at radius 3 is 2.41 bits per heavy atom. The van der Waals surface area contributed by atoms with Gasteiger partial charge in [0, 0.05) is 16.2 Å². The van der Waals surface area contributed by atoms with Crippen LogP contribution in [0, 0.1) is 18.8 Å². The lowest BCUT2D eigenvalue weighted by molar-refractivity contribution is 0.281. The van der Waals surface area contributed by atoms with Crippen molar-refractivity contribution in [3.05, 3.63) is 28.2 Å². The Bertz CT molecular complexity index is 379. The summed E-state index contributed by atoms with van der Waals surface area (Å²) in [6.07, 6.45) is 3.99. The molecule has 2 unspecified atom stereocenters. The lowest BCUT2D eigenvalue weighted by atomic mass is 9.80. The molecule has 1 saturated carbocycles. The summed E-state index contributed by atoms with van der Waals surface area (Å²) >= 11 is 3.54. The van der Waals surface area contributed by atoms with E-state index in [2.05, 4.69) is 60.2 Å². The molecule has 94 valence electrons. The third kappa shape index (κ3) is 3.48. The Kier molecular flexibility index (Phi) is 4.13. The number of halogens is 1. The van der Waals surface area contributed by atoms with Crippen LogP contribution < -0.4 is 5.32 Å². The number of benzene rings is 1. The van der Waals surface area contributed by atoms with Crippen molar-refractivity contribution in [3.63, 3.8) is 0 Å². The van der Waals surface area contributed by atoms with E-state index in [-0.39, 0.29) is 0 Å². The van der Waals surface area contributed by atoms with Crippen LogP contribution in [0.2, 0.25) is 0 Å². The first-order valence-electron chi connectivity index (χ1n) is 6.57. The molecule has 0 spiro atoms. The number of anilines is 1. The van der Waals surface area contributed by atoms with Gasteiger partial charge in [0.1, 0.15) is 0 Å². The van der Waals surface area contributed by atoms with Crippen LogP contribution >= 0.6 is 15.9 Å². The Labute approximate surface area is 113 Å². The highest BCUT2D eigenvalue weighted by Gasteiger charge is 2.23. The van der Waals surface area contributed by atoms with E-state index in [0.29, 0.717) is 6.04 Å². The smallest absolute Gasteiger partial charge is 0.0383 e. The zero-order valence-electron chi connectivity index (χ0n) is 11.0. The zero-order chi connectivity index (χ0) is 12.4. The van der Waals surface area contributed by atoms with Crippen LogP contribution in [0.25, 0.3) is 0 Å². The molecule has 0 saturated heterocycles. The number of hydrogen-bond donors (Lipinski definition) is 1. The molecular weight excluding hydrogens is 274 g/mol. The van der Waals surface area contributed by atoms with E-state index in [0.717, 1.165) is 16.3 Å². The highest BCUT2D eigenvalue weighted by Crippen LogP contribution is 2.31. The molecule has 0 aliphatic heterocycles. The summed E-state index contributed by atoms with van der Waals surface area (Å²) in [5.74, 6) is 1.70. The average molecular weight is 296 g/mol. The lowest BCUT2D eigenvalue weighted by Gasteiger charge is -2.33. The third-order valence-electron chi connectivity index (χ3n) is 3.74. The van der Waals surface area contributed by atoms with Crippen molar-refractivity contribution in [2.75, 3.05) is 5.32 Å². The van der Waals surface area contributed by atoms with Crippen LogP contribution in [0.3, 0.4) is 0 Å². The summed E-state index contributed by atoms with van der Waals surface area (Å²) in [4.78, 5) is 0. The maximum absolute atomic E-state index is 3.72. The first-order chi connectivity index (χ1) is 8.04. The molecule has 0 bridgehead atoms. The minimum absolute atomic E-state index is 0.641. The number of hydrogen-bond acceptors (Lipinski definition) is 1. The van der Waals surface area contributed by atoms with Gasteiger partial charge in [-0.1, -0.05) is 35.8 Å². The fourth-order valence-electron chi connectivity index (χ4n) is 3.03. The molecule has 1 aliphatic rings. The highest BCUT2D eigenvalue weighted by molar-refractivity contribution is 9.10. The van der Waals surface area contributed by atoms with Crippen LogP contribution in [0.15, 0.2) is 22.7 Å². The average Bonchev–Trinajstić information content (AvgIpc) is 2.22. The fourth-order valence-corrected chi connectivity index (χ4v) is 3.40. The van der Waals surface area contributed by atoms with Crippen molar-refractivity contribution in [3.8, 4) is 0 Å². The highest BCUT2D eigenvalue weighted by atomic mass is 79.9. The maximum atomic E-state index is 3.72. The van der Waals surface area contributed by atoms with Crippen molar-refractivity contribution in [2.24, 2.45) is 11.8 Å². The van der Waals surface area contributed by atoms with Crippen LogP contribution in [0.4, 0.5) is 5.69 Å². The Balaban J connectivity index is 2.07. The van der Waals surface area contributed by atoms with Crippen LogP contribution in [-0.4, -0.2) is 6.04 Å². The van der Waals surface area contributed by atoms with Crippen LogP contribution in [0.5, 0.6) is 0 Å². The second-order valence-electron chi connectivity index (χ2n) is 5.72. The van der Waals surface area contributed by atoms with Crippen molar-refractivity contribution in [2.45, 2.75) is 46.1 Å². The molecule has 17 heavy (non-hydrogen) atoms. The van der Waals surface area contributed by atoms with Gasteiger partial charge in [-0.15, -0.1) is 0 Å². The Morgan fingerprint density at radius 1 is 1.12 bits per heavy atom. The van der Waals surface area contributed by atoms with Crippen LogP contribution in [0.1, 0.15) is 38.7 Å². The molecule has 0 heterocycles. The topological polar surface area (TPSA) is 12.0 Å². The predicted molar refractivity (Wildman–Crippen MR) is 78.5 cm³/mol. The molecule has 1 fully saturated rings. The van der Waals surface area contributed by atoms with Gasteiger partial charge in [0.2, 0.25) is 0 Å². The molecular formula is C15H22BrN. The van der Waals surface area contributed by atoms with Gasteiger partial charge >= 0.3 is 0 Å². The molecule has 0 radical (unpaired) electrons. The molecule has 0 aromatic heterocycles. The summed E-state index contributed by atoms with van der Waals surface area (Å²) in [5, 5.41) is 3.72. The number of rotatable bonds is 2. The van der Waals surface area contributed by atoms with Crippen molar-refractivity contribution < 1.29 is 0 Å². The van der Waals surface area contributed by atoms with Gasteiger partial charge < -0.3 is 5.32 Å². The molecule has 1 nitrogen and oxygen atoms in total. The largest absolute Gasteiger partial charge is 0.382 e. The molecule has 1 N–H and O–H groups in total. The fraction of sp³-hybridized carbons (Fsp3) is 0.600. The summed E-state index contributed by atoms with van der Waals surface area (Å²) in [6, 6.07) is 7.11. The standard InChI is InChI=1S/C15H22BrN/c1-10-6-11(2)8-14(7-10)17-15-9-13(16)5-4-12(15)3/h4-5,9-11,14,17H,6-8H2,1-3H3. The Hall–Kier alpha value is -0.500. The minimum atomic E-state index is 0.641. The monoisotopic (exact) mass is 295 g/mol. The summed E-state index contributed by atoms with van der Waals surface area (Å²) < 4.78 is 1.16. The van der Waals surface area contributed by atoms with Gasteiger partial charge in [0.05, 0.1) is 0 Å². The van der Waals surface area contributed by atoms with E-state index in [4.69, 9.17) is 0 Å². The summed E-state index contributed by atoms with van der Waals surface area (Å²) in [7, 11) is 0. The van der Waals surface area contributed by atoms with E-state index in [1.54, 1.807) is 0 Å². The quantitative estimate of drug-likeness (QED) is 0.810. The second-order valence-corrected chi connectivity index (χ2v) is 6.63. The zero-order valence-corrected chi connectivity index (χ0v) is 12.5. The Morgan fingerprint density at radius 2 is 1.76 bits per heavy atom. The first kappa shape index (κ1) is 12.9. The van der Waals surface area contributed by atoms with Crippen molar-refractivity contribution in [1.82, 2.24) is 0 Å². The summed E-state index contributed by atoms with van der Waals surface area (Å²) in [6.45, 7) is 6.92. The number of aryl methyl sites for hydroxylation is 1. The molecule has 1 aliphatic carbocycles. The second kappa shape index (κ2) is 5.43. The maximum Gasteiger partial charge on any atom is 0.0383 e. The van der Waals surface area contributed by atoms with Crippen LogP contribution in [-0.2, 0) is 0 Å². The van der Waals surface area contributed by atoms with E-state index in [1.165, 1.54) is 30.5 Å². The summed E-state index contributed by atoms with van der Waals surface area (Å²) in [5.41, 5.74) is 2.62. The SMILES string of the molecule is Cc1ccc(Br)cc1NC1CC(C)CC(C)C1. The number of nitrogens with one attached hydrogen (secondary N) is 1. The van der Waals surface area contributed by atoms with Gasteiger partial charge in [0.15, 0.2) is 0 Å². The molecule has 2 rings (SSSR count). The lowest BCUT2D eigenvalue weighted by Crippen LogP contribution is -2.30. The van der Waals surface area contributed by atoms with Gasteiger partial charge in [-0.05, 0) is 55.7 Å². The third-order valence-corrected chi connectivity index (χ3v) is 4.23. The molecule has 1 aromatic carbocycles. The predicted octanol–water partition coefficient (Wildman–Crippen LogP) is 4.99. The van der Waals surface area contributed by atoms with E-state index < -0.39 is 0 Å². The minimum Gasteiger partial charge on any atom is -0.382 e. The van der Waals surface area contributed by atoms with Gasteiger partial charge in [-0.25, -0.2) is 0 Å². The van der Waals surface area contributed by atoms with E-state index in [1.807, 2.05) is 0 Å². The molecule has 0 amide bonds. The molecule has 2 atom stereocenters. The van der Waals surface area contributed by atoms with Crippen molar-refractivity contribution in [1.29, 1.82) is 0 Å².